The second-order valence-electron chi connectivity index (χ2n) is 9.66. The second kappa shape index (κ2) is 14.1. The Bertz CT molecular complexity index is 1290. The lowest BCUT2D eigenvalue weighted by molar-refractivity contribution is -0.251. The zero-order valence-electron chi connectivity index (χ0n) is 22.2. The van der Waals surface area contributed by atoms with Crippen LogP contribution in [-0.2, 0) is 38.8 Å². The molecule has 39 heavy (non-hydrogen) atoms. The molecule has 204 valence electrons. The number of rotatable bonds is 12. The van der Waals surface area contributed by atoms with Gasteiger partial charge in [0.15, 0.2) is 0 Å². The van der Waals surface area contributed by atoms with Gasteiger partial charge < -0.3 is 24.1 Å². The first kappa shape index (κ1) is 27.8. The SMILES string of the molecule is CCS[C@H]1O[C@H](CO)[C@@H](OCc2ccc3ccccc3c2)[C@H](OCc2ccccc2)[C@H]1OCc1ccccc1. The number of aliphatic hydroxyl groups excluding tert-OH is 1. The molecule has 1 aliphatic rings. The molecule has 0 radical (unpaired) electrons. The summed E-state index contributed by atoms with van der Waals surface area (Å²) < 4.78 is 26.1. The van der Waals surface area contributed by atoms with Crippen LogP contribution in [0.3, 0.4) is 0 Å². The van der Waals surface area contributed by atoms with Gasteiger partial charge in [-0.1, -0.05) is 104 Å². The van der Waals surface area contributed by atoms with Crippen LogP contribution in [0.1, 0.15) is 23.6 Å². The molecule has 6 heteroatoms. The first-order valence-electron chi connectivity index (χ1n) is 13.5. The number of fused-ring (bicyclic) bond motifs is 1. The Labute approximate surface area is 235 Å². The number of benzene rings is 4. The van der Waals surface area contributed by atoms with Crippen LogP contribution in [0.5, 0.6) is 0 Å². The summed E-state index contributed by atoms with van der Waals surface area (Å²) in [5, 5.41) is 12.7. The van der Waals surface area contributed by atoms with Gasteiger partial charge in [0.2, 0.25) is 0 Å². The Hall–Kier alpha value is -2.71. The lowest BCUT2D eigenvalue weighted by atomic mass is 9.99. The predicted octanol–water partition coefficient (Wildman–Crippen LogP) is 6.37. The fourth-order valence-electron chi connectivity index (χ4n) is 4.95. The van der Waals surface area contributed by atoms with E-state index in [9.17, 15) is 5.11 Å². The maximum Gasteiger partial charge on any atom is 0.132 e. The Kier molecular flexibility index (Phi) is 10.1. The smallest absolute Gasteiger partial charge is 0.132 e. The molecule has 0 saturated carbocycles. The molecule has 0 aromatic heterocycles. The molecular formula is C33H36O5S. The molecule has 4 aromatic rings. The number of hydrogen-bond donors (Lipinski definition) is 1. The van der Waals surface area contributed by atoms with Gasteiger partial charge in [-0.2, -0.15) is 0 Å². The fourth-order valence-corrected chi connectivity index (χ4v) is 5.92. The zero-order chi connectivity index (χ0) is 26.9. The minimum atomic E-state index is -0.535. The maximum atomic E-state index is 10.4. The number of aliphatic hydroxyl groups is 1. The summed E-state index contributed by atoms with van der Waals surface area (Å²) in [5.41, 5.74) is 2.91. The first-order valence-corrected chi connectivity index (χ1v) is 14.6. The van der Waals surface area contributed by atoms with Gasteiger partial charge in [0.25, 0.3) is 0 Å². The van der Waals surface area contributed by atoms with Crippen LogP contribution < -0.4 is 0 Å². The molecule has 4 aromatic carbocycles. The minimum absolute atomic E-state index is 0.167. The second-order valence-corrected chi connectivity index (χ2v) is 11.0. The quantitative estimate of drug-likeness (QED) is 0.224. The van der Waals surface area contributed by atoms with Crippen molar-refractivity contribution in [2.45, 2.75) is 56.6 Å². The van der Waals surface area contributed by atoms with Gasteiger partial charge in [-0.3, -0.25) is 0 Å². The largest absolute Gasteiger partial charge is 0.394 e. The molecule has 1 fully saturated rings. The third-order valence-corrected chi connectivity index (χ3v) is 7.97. The van der Waals surface area contributed by atoms with Gasteiger partial charge >= 0.3 is 0 Å². The van der Waals surface area contributed by atoms with E-state index < -0.39 is 18.3 Å². The Morgan fingerprint density at radius 2 is 1.21 bits per heavy atom. The molecule has 0 unspecified atom stereocenters. The third-order valence-electron chi connectivity index (χ3n) is 6.93. The van der Waals surface area contributed by atoms with Crippen molar-refractivity contribution in [2.75, 3.05) is 12.4 Å². The van der Waals surface area contributed by atoms with Crippen molar-refractivity contribution in [2.24, 2.45) is 0 Å². The molecule has 1 saturated heterocycles. The molecule has 1 N–H and O–H groups in total. The van der Waals surface area contributed by atoms with Gasteiger partial charge in [-0.05, 0) is 39.3 Å². The van der Waals surface area contributed by atoms with Crippen LogP contribution in [0.15, 0.2) is 103 Å². The van der Waals surface area contributed by atoms with E-state index in [1.54, 1.807) is 11.8 Å². The molecule has 5 rings (SSSR count). The van der Waals surface area contributed by atoms with Gasteiger partial charge in [0.1, 0.15) is 29.9 Å². The molecule has 1 aliphatic heterocycles. The average Bonchev–Trinajstić information content (AvgIpc) is 2.99. The highest BCUT2D eigenvalue weighted by molar-refractivity contribution is 7.99. The van der Waals surface area contributed by atoms with Crippen molar-refractivity contribution in [3.63, 3.8) is 0 Å². The highest BCUT2D eigenvalue weighted by Crippen LogP contribution is 2.35. The molecule has 5 nitrogen and oxygen atoms in total. The van der Waals surface area contributed by atoms with Crippen molar-refractivity contribution >= 4 is 22.5 Å². The van der Waals surface area contributed by atoms with Crippen molar-refractivity contribution < 1.29 is 24.1 Å². The van der Waals surface area contributed by atoms with E-state index in [0.29, 0.717) is 19.8 Å². The summed E-state index contributed by atoms with van der Waals surface area (Å²) in [4.78, 5) is 0. The highest BCUT2D eigenvalue weighted by atomic mass is 32.2. The number of ether oxygens (including phenoxy) is 4. The minimum Gasteiger partial charge on any atom is -0.394 e. The first-order chi connectivity index (χ1) is 19.2. The predicted molar refractivity (Wildman–Crippen MR) is 156 cm³/mol. The maximum absolute atomic E-state index is 10.4. The number of thioether (sulfide) groups is 1. The van der Waals surface area contributed by atoms with E-state index in [1.807, 2.05) is 60.7 Å². The van der Waals surface area contributed by atoms with Crippen molar-refractivity contribution in [3.05, 3.63) is 120 Å². The molecule has 0 aliphatic carbocycles. The lowest BCUT2D eigenvalue weighted by Gasteiger charge is -2.45. The van der Waals surface area contributed by atoms with Crippen LogP contribution >= 0.6 is 11.8 Å². The number of hydrogen-bond acceptors (Lipinski definition) is 6. The van der Waals surface area contributed by atoms with Crippen molar-refractivity contribution in [3.8, 4) is 0 Å². The Balaban J connectivity index is 1.40. The summed E-state index contributed by atoms with van der Waals surface area (Å²) in [7, 11) is 0. The van der Waals surface area contributed by atoms with Gasteiger partial charge in [0, 0.05) is 0 Å². The highest BCUT2D eigenvalue weighted by Gasteiger charge is 2.48. The zero-order valence-corrected chi connectivity index (χ0v) is 23.0. The molecule has 0 spiro atoms. The molecular weight excluding hydrogens is 508 g/mol. The van der Waals surface area contributed by atoms with Crippen molar-refractivity contribution in [1.29, 1.82) is 0 Å². The summed E-state index contributed by atoms with van der Waals surface area (Å²) in [6.07, 6.45) is -1.88. The average molecular weight is 545 g/mol. The third kappa shape index (κ3) is 7.28. The van der Waals surface area contributed by atoms with E-state index in [2.05, 4.69) is 49.4 Å². The summed E-state index contributed by atoms with van der Waals surface area (Å²) in [5.74, 6) is 0.849. The standard InChI is InChI=1S/C33H36O5S/c1-2-39-33-32(37-22-25-13-7-4-8-14-25)31(36-21-24-11-5-3-6-12-24)30(29(20-34)38-33)35-23-26-17-18-27-15-9-10-16-28(27)19-26/h3-19,29-34H,2,20-23H2,1H3/t29-,30-,31+,32-,33-/m1/s1. The molecule has 0 amide bonds. The lowest BCUT2D eigenvalue weighted by Crippen LogP contribution is -2.60. The Morgan fingerprint density at radius 1 is 0.641 bits per heavy atom. The van der Waals surface area contributed by atoms with E-state index >= 15 is 0 Å². The summed E-state index contributed by atoms with van der Waals surface area (Å²) in [6.45, 7) is 3.14. The summed E-state index contributed by atoms with van der Waals surface area (Å²) in [6, 6.07) is 34.8. The van der Waals surface area contributed by atoms with Crippen LogP contribution in [0.2, 0.25) is 0 Å². The van der Waals surface area contributed by atoms with Gasteiger partial charge in [-0.25, -0.2) is 0 Å². The van der Waals surface area contributed by atoms with Crippen LogP contribution in [0, 0.1) is 0 Å². The van der Waals surface area contributed by atoms with E-state index in [1.165, 1.54) is 5.39 Å². The Morgan fingerprint density at radius 3 is 1.85 bits per heavy atom. The fraction of sp³-hybridized carbons (Fsp3) is 0.333. The van der Waals surface area contributed by atoms with Gasteiger partial charge in [0.05, 0.1) is 26.4 Å². The van der Waals surface area contributed by atoms with Crippen molar-refractivity contribution in [1.82, 2.24) is 0 Å². The van der Waals surface area contributed by atoms with Gasteiger partial charge in [-0.15, -0.1) is 11.8 Å². The normalized spacial score (nSPS) is 23.2. The topological polar surface area (TPSA) is 57.2 Å². The monoisotopic (exact) mass is 544 g/mol. The summed E-state index contributed by atoms with van der Waals surface area (Å²) >= 11 is 1.66. The molecule has 0 bridgehead atoms. The molecule has 5 atom stereocenters. The van der Waals surface area contributed by atoms with E-state index in [4.69, 9.17) is 18.9 Å². The van der Waals surface area contributed by atoms with Crippen LogP contribution in [0.25, 0.3) is 10.8 Å². The van der Waals surface area contributed by atoms with Crippen LogP contribution in [0.4, 0.5) is 0 Å². The van der Waals surface area contributed by atoms with Crippen LogP contribution in [-0.4, -0.2) is 47.3 Å². The van der Waals surface area contributed by atoms with E-state index in [-0.39, 0.29) is 18.1 Å². The van der Waals surface area contributed by atoms with E-state index in [0.717, 1.165) is 27.8 Å². The molecule has 1 heterocycles.